The zero-order chi connectivity index (χ0) is 22.2. The van der Waals surface area contributed by atoms with Gasteiger partial charge in [-0.25, -0.2) is 0 Å². The predicted molar refractivity (Wildman–Crippen MR) is 125 cm³/mol. The Bertz CT molecular complexity index is 688. The molecule has 3 heteroatoms. The van der Waals surface area contributed by atoms with Gasteiger partial charge in [-0.1, -0.05) is 82.0 Å². The van der Waals surface area contributed by atoms with Gasteiger partial charge in [0.25, 0.3) is 0 Å². The fourth-order valence-electron chi connectivity index (χ4n) is 3.40. The molecular formula is C26H41NO2. The van der Waals surface area contributed by atoms with Crippen molar-refractivity contribution in [3.05, 3.63) is 72.4 Å². The first kappa shape index (κ1) is 25.4. The summed E-state index contributed by atoms with van der Waals surface area (Å²) in [5.74, 6) is 0.347. The second-order valence-corrected chi connectivity index (χ2v) is 9.36. The van der Waals surface area contributed by atoms with Crippen molar-refractivity contribution in [3.8, 4) is 0 Å². The van der Waals surface area contributed by atoms with Crippen LogP contribution in [0, 0.1) is 11.3 Å². The lowest BCUT2D eigenvalue weighted by Gasteiger charge is -2.44. The number of aliphatic hydroxyl groups is 1. The van der Waals surface area contributed by atoms with Crippen LogP contribution in [0.25, 0.3) is 0 Å². The first-order chi connectivity index (χ1) is 13.5. The predicted octanol–water partition coefficient (Wildman–Crippen LogP) is 6.17. The van der Waals surface area contributed by atoms with Gasteiger partial charge in [0.15, 0.2) is 0 Å². The lowest BCUT2D eigenvalue weighted by Crippen LogP contribution is -2.52. The van der Waals surface area contributed by atoms with Gasteiger partial charge in [-0.3, -0.25) is 4.84 Å². The molecule has 1 aliphatic rings. The molecule has 162 valence electrons. The molecule has 0 aromatic rings. The standard InChI is InChI=1S/C26H41NO2/c1-10-13-23(14-11-2)24(20(3)4)27(25(6,7)8)29-21(5)22-15-12-17-26(9,19-28)18-16-22/h10-18,20-21,24,28H,1,19H2,2-9H3/b14-11-,23-13+. The zero-order valence-corrected chi connectivity index (χ0v) is 19.6. The highest BCUT2D eigenvalue weighted by Crippen LogP contribution is 2.31. The molecular weight excluding hydrogens is 358 g/mol. The van der Waals surface area contributed by atoms with E-state index in [-0.39, 0.29) is 29.7 Å². The van der Waals surface area contributed by atoms with E-state index < -0.39 is 0 Å². The number of hydroxylamine groups is 2. The smallest absolute Gasteiger partial charge is 0.101 e. The normalized spacial score (nSPS) is 22.9. The average molecular weight is 400 g/mol. The molecule has 29 heavy (non-hydrogen) atoms. The molecule has 0 aliphatic heterocycles. The van der Waals surface area contributed by atoms with Crippen LogP contribution in [0.5, 0.6) is 0 Å². The third-order valence-corrected chi connectivity index (χ3v) is 5.06. The number of nitrogens with zero attached hydrogens (tertiary/aromatic N) is 1. The second-order valence-electron chi connectivity index (χ2n) is 9.36. The first-order valence-corrected chi connectivity index (χ1v) is 10.6. The highest BCUT2D eigenvalue weighted by molar-refractivity contribution is 5.34. The fourth-order valence-corrected chi connectivity index (χ4v) is 3.40. The van der Waals surface area contributed by atoms with Gasteiger partial charge >= 0.3 is 0 Å². The maximum absolute atomic E-state index is 9.66. The molecule has 3 unspecified atom stereocenters. The lowest BCUT2D eigenvalue weighted by atomic mass is 9.91. The summed E-state index contributed by atoms with van der Waals surface area (Å²) >= 11 is 0. The number of allylic oxidation sites excluding steroid dienone is 5. The molecule has 3 atom stereocenters. The van der Waals surface area contributed by atoms with Crippen LogP contribution in [0.4, 0.5) is 0 Å². The van der Waals surface area contributed by atoms with Crippen molar-refractivity contribution in [2.45, 2.75) is 73.1 Å². The van der Waals surface area contributed by atoms with Crippen molar-refractivity contribution in [2.75, 3.05) is 6.61 Å². The lowest BCUT2D eigenvalue weighted by molar-refractivity contribution is -0.251. The van der Waals surface area contributed by atoms with Crippen molar-refractivity contribution in [1.82, 2.24) is 5.06 Å². The number of aliphatic hydroxyl groups excluding tert-OH is 1. The molecule has 0 heterocycles. The Morgan fingerprint density at radius 3 is 2.41 bits per heavy atom. The van der Waals surface area contributed by atoms with Gasteiger partial charge in [0.2, 0.25) is 0 Å². The molecule has 1 N–H and O–H groups in total. The van der Waals surface area contributed by atoms with Crippen molar-refractivity contribution in [3.63, 3.8) is 0 Å². The minimum absolute atomic E-state index is 0.0823. The van der Waals surface area contributed by atoms with Crippen LogP contribution in [0.2, 0.25) is 0 Å². The van der Waals surface area contributed by atoms with Crippen LogP contribution < -0.4 is 0 Å². The van der Waals surface area contributed by atoms with E-state index in [1.54, 1.807) is 0 Å². The molecule has 0 fully saturated rings. The number of hydrogen-bond donors (Lipinski definition) is 1. The van der Waals surface area contributed by atoms with E-state index in [9.17, 15) is 5.11 Å². The molecule has 0 aromatic heterocycles. The minimum atomic E-state index is -0.339. The molecule has 1 rings (SSSR count). The monoisotopic (exact) mass is 399 g/mol. The molecule has 0 aromatic carbocycles. The maximum atomic E-state index is 9.66. The van der Waals surface area contributed by atoms with E-state index >= 15 is 0 Å². The zero-order valence-electron chi connectivity index (χ0n) is 19.6. The second kappa shape index (κ2) is 10.9. The summed E-state index contributed by atoms with van der Waals surface area (Å²) in [5.41, 5.74) is 1.72. The van der Waals surface area contributed by atoms with Gasteiger partial charge in [-0.2, -0.15) is 5.06 Å². The van der Waals surface area contributed by atoms with Crippen molar-refractivity contribution >= 4 is 0 Å². The first-order valence-electron chi connectivity index (χ1n) is 10.6. The Hall–Kier alpha value is -1.68. The molecule has 0 saturated carbocycles. The van der Waals surface area contributed by atoms with E-state index in [2.05, 4.69) is 83.6 Å². The van der Waals surface area contributed by atoms with E-state index in [4.69, 9.17) is 4.84 Å². The van der Waals surface area contributed by atoms with Crippen molar-refractivity contribution < 1.29 is 9.94 Å². The Labute approximate surface area is 178 Å². The molecule has 1 aliphatic carbocycles. The molecule has 0 radical (unpaired) electrons. The SMILES string of the molecule is C=C/C=C(\C=C/C)C(C(C)C)N(OC(C)C1=CC=CC(C)(CO)C=C1)C(C)(C)C. The molecule has 0 amide bonds. The van der Waals surface area contributed by atoms with Crippen LogP contribution in [0.3, 0.4) is 0 Å². The average Bonchev–Trinajstić information content (AvgIpc) is 2.83. The van der Waals surface area contributed by atoms with Crippen LogP contribution in [0.15, 0.2) is 72.4 Å². The van der Waals surface area contributed by atoms with Gasteiger partial charge in [-0.15, -0.1) is 0 Å². The van der Waals surface area contributed by atoms with E-state index in [1.165, 1.54) is 5.57 Å². The van der Waals surface area contributed by atoms with Crippen molar-refractivity contribution in [2.24, 2.45) is 11.3 Å². The summed E-state index contributed by atoms with van der Waals surface area (Å²) in [4.78, 5) is 6.62. The summed E-state index contributed by atoms with van der Waals surface area (Å²) in [6.07, 6.45) is 18.2. The Balaban J connectivity index is 3.27. The maximum Gasteiger partial charge on any atom is 0.101 e. The highest BCUT2D eigenvalue weighted by Gasteiger charge is 2.35. The largest absolute Gasteiger partial charge is 0.395 e. The summed E-state index contributed by atoms with van der Waals surface area (Å²) in [6, 6.07) is 0.0836. The third kappa shape index (κ3) is 7.26. The minimum Gasteiger partial charge on any atom is -0.395 e. The number of hydrogen-bond acceptors (Lipinski definition) is 3. The van der Waals surface area contributed by atoms with E-state index in [1.807, 2.05) is 38.2 Å². The summed E-state index contributed by atoms with van der Waals surface area (Å²) in [7, 11) is 0. The molecule has 3 nitrogen and oxygen atoms in total. The summed E-state index contributed by atoms with van der Waals surface area (Å²) in [6.45, 7) is 21.1. The van der Waals surface area contributed by atoms with Gasteiger partial charge < -0.3 is 5.11 Å². The van der Waals surface area contributed by atoms with E-state index in [0.29, 0.717) is 5.92 Å². The van der Waals surface area contributed by atoms with Gasteiger partial charge in [0, 0.05) is 11.0 Å². The third-order valence-electron chi connectivity index (χ3n) is 5.06. The molecule has 0 bridgehead atoms. The summed E-state index contributed by atoms with van der Waals surface area (Å²) in [5, 5.41) is 11.8. The van der Waals surface area contributed by atoms with Gasteiger partial charge in [0.1, 0.15) is 6.10 Å². The van der Waals surface area contributed by atoms with Gasteiger partial charge in [-0.05, 0) is 51.7 Å². The highest BCUT2D eigenvalue weighted by atomic mass is 16.7. The summed E-state index contributed by atoms with van der Waals surface area (Å²) < 4.78 is 0. The van der Waals surface area contributed by atoms with Crippen LogP contribution in [-0.2, 0) is 4.84 Å². The Morgan fingerprint density at radius 1 is 1.28 bits per heavy atom. The van der Waals surface area contributed by atoms with Gasteiger partial charge in [0.05, 0.1) is 12.6 Å². The Morgan fingerprint density at radius 2 is 1.93 bits per heavy atom. The topological polar surface area (TPSA) is 32.7 Å². The quantitative estimate of drug-likeness (QED) is 0.372. The van der Waals surface area contributed by atoms with E-state index in [0.717, 1.165) is 5.57 Å². The Kier molecular flexibility index (Phi) is 9.54. The van der Waals surface area contributed by atoms with Crippen LogP contribution in [-0.4, -0.2) is 34.5 Å². The van der Waals surface area contributed by atoms with Crippen molar-refractivity contribution in [1.29, 1.82) is 0 Å². The van der Waals surface area contributed by atoms with Crippen LogP contribution >= 0.6 is 0 Å². The number of rotatable bonds is 9. The molecule has 0 saturated heterocycles. The fraction of sp³-hybridized carbons (Fsp3) is 0.538. The molecule has 0 spiro atoms. The van der Waals surface area contributed by atoms with Crippen LogP contribution in [0.1, 0.15) is 55.4 Å².